The van der Waals surface area contributed by atoms with Gasteiger partial charge in [-0.3, -0.25) is 9.78 Å². The summed E-state index contributed by atoms with van der Waals surface area (Å²) in [4.78, 5) is 15.9. The number of ether oxygens (including phenoxy) is 1. The van der Waals surface area contributed by atoms with Crippen LogP contribution in [0.25, 0.3) is 0 Å². The van der Waals surface area contributed by atoms with Gasteiger partial charge in [-0.1, -0.05) is 12.1 Å². The van der Waals surface area contributed by atoms with Gasteiger partial charge >= 0.3 is 0 Å². The third-order valence-electron chi connectivity index (χ3n) is 2.89. The van der Waals surface area contributed by atoms with Crippen LogP contribution in [0.5, 0.6) is 5.75 Å². The molecular weight excluding hydrogens is 252 g/mol. The summed E-state index contributed by atoms with van der Waals surface area (Å²) in [5.41, 5.74) is 2.11. The van der Waals surface area contributed by atoms with E-state index in [1.807, 2.05) is 43.3 Å². The molecule has 1 N–H and O–H groups in total. The summed E-state index contributed by atoms with van der Waals surface area (Å²) in [5.74, 6) is 0.569. The Hall–Kier alpha value is -2.36. The van der Waals surface area contributed by atoms with E-state index in [1.54, 1.807) is 19.3 Å². The predicted octanol–water partition coefficient (Wildman–Crippen LogP) is 2.47. The van der Waals surface area contributed by atoms with Crippen molar-refractivity contribution in [2.45, 2.75) is 26.5 Å². The molecule has 1 aromatic heterocycles. The fourth-order valence-electron chi connectivity index (χ4n) is 1.78. The normalized spacial score (nSPS) is 11.7. The van der Waals surface area contributed by atoms with Gasteiger partial charge in [0.15, 0.2) is 6.10 Å². The van der Waals surface area contributed by atoms with Gasteiger partial charge in [-0.2, -0.15) is 0 Å². The zero-order chi connectivity index (χ0) is 14.4. The van der Waals surface area contributed by atoms with E-state index >= 15 is 0 Å². The van der Waals surface area contributed by atoms with E-state index in [1.165, 1.54) is 0 Å². The monoisotopic (exact) mass is 270 g/mol. The first-order chi connectivity index (χ1) is 9.65. The molecule has 2 aromatic rings. The van der Waals surface area contributed by atoms with E-state index in [4.69, 9.17) is 4.74 Å². The molecule has 0 bridgehead atoms. The first kappa shape index (κ1) is 14.1. The molecule has 1 atom stereocenters. The molecule has 1 heterocycles. The van der Waals surface area contributed by atoms with E-state index in [2.05, 4.69) is 10.3 Å². The number of carbonyl (C=O) groups excluding carboxylic acids is 1. The van der Waals surface area contributed by atoms with Crippen molar-refractivity contribution in [2.75, 3.05) is 0 Å². The van der Waals surface area contributed by atoms with Gasteiger partial charge < -0.3 is 10.1 Å². The van der Waals surface area contributed by atoms with Gasteiger partial charge in [-0.15, -0.1) is 0 Å². The Balaban J connectivity index is 1.86. The smallest absolute Gasteiger partial charge is 0.261 e. The van der Waals surface area contributed by atoms with E-state index in [-0.39, 0.29) is 5.91 Å². The van der Waals surface area contributed by atoms with Crippen LogP contribution in [0.15, 0.2) is 48.8 Å². The fourth-order valence-corrected chi connectivity index (χ4v) is 1.78. The van der Waals surface area contributed by atoms with Crippen molar-refractivity contribution in [2.24, 2.45) is 0 Å². The summed E-state index contributed by atoms with van der Waals surface area (Å²) < 4.78 is 5.62. The molecular formula is C16H18N2O2. The molecule has 0 saturated carbocycles. The minimum atomic E-state index is -0.529. The largest absolute Gasteiger partial charge is 0.481 e. The van der Waals surface area contributed by atoms with Crippen LogP contribution >= 0.6 is 0 Å². The maximum Gasteiger partial charge on any atom is 0.261 e. The molecule has 2 rings (SSSR count). The first-order valence-electron chi connectivity index (χ1n) is 6.55. The van der Waals surface area contributed by atoms with Crippen molar-refractivity contribution >= 4 is 5.91 Å². The van der Waals surface area contributed by atoms with Gasteiger partial charge in [0.25, 0.3) is 5.91 Å². The van der Waals surface area contributed by atoms with Crippen molar-refractivity contribution in [1.82, 2.24) is 10.3 Å². The molecule has 0 radical (unpaired) electrons. The summed E-state index contributed by atoms with van der Waals surface area (Å²) >= 11 is 0. The summed E-state index contributed by atoms with van der Waals surface area (Å²) in [6.45, 7) is 4.20. The van der Waals surface area contributed by atoms with Gasteiger partial charge in [0.05, 0.1) is 0 Å². The van der Waals surface area contributed by atoms with Crippen LogP contribution < -0.4 is 10.1 Å². The molecule has 0 aliphatic carbocycles. The number of carbonyl (C=O) groups is 1. The lowest BCUT2D eigenvalue weighted by molar-refractivity contribution is -0.127. The van der Waals surface area contributed by atoms with Crippen LogP contribution in [0, 0.1) is 6.92 Å². The van der Waals surface area contributed by atoms with Gasteiger partial charge in [-0.05, 0) is 49.2 Å². The van der Waals surface area contributed by atoms with Gasteiger partial charge in [0, 0.05) is 18.9 Å². The van der Waals surface area contributed by atoms with Crippen LogP contribution in [-0.2, 0) is 11.3 Å². The van der Waals surface area contributed by atoms with E-state index < -0.39 is 6.10 Å². The number of pyridine rings is 1. The number of benzene rings is 1. The average molecular weight is 270 g/mol. The van der Waals surface area contributed by atoms with Gasteiger partial charge in [-0.25, -0.2) is 0 Å². The maximum absolute atomic E-state index is 12.0. The SMILES string of the molecule is Cc1cccc(O[C@H](C)C(=O)NCc2ccncc2)c1. The van der Waals surface area contributed by atoms with Crippen LogP contribution in [0.3, 0.4) is 0 Å². The molecule has 1 aromatic carbocycles. The Bertz CT molecular complexity index is 570. The summed E-state index contributed by atoms with van der Waals surface area (Å²) in [5, 5.41) is 2.84. The quantitative estimate of drug-likeness (QED) is 0.908. The summed E-state index contributed by atoms with van der Waals surface area (Å²) in [6.07, 6.45) is 2.88. The molecule has 0 fully saturated rings. The molecule has 20 heavy (non-hydrogen) atoms. The number of aryl methyl sites for hydroxylation is 1. The van der Waals surface area contributed by atoms with Crippen LogP contribution in [0.2, 0.25) is 0 Å². The van der Waals surface area contributed by atoms with Crippen molar-refractivity contribution in [1.29, 1.82) is 0 Å². The minimum Gasteiger partial charge on any atom is -0.481 e. The van der Waals surface area contributed by atoms with Gasteiger partial charge in [0.1, 0.15) is 5.75 Å². The molecule has 1 amide bonds. The van der Waals surface area contributed by atoms with E-state index in [0.717, 1.165) is 11.1 Å². The summed E-state index contributed by atoms with van der Waals surface area (Å²) in [7, 11) is 0. The number of hydrogen-bond donors (Lipinski definition) is 1. The highest BCUT2D eigenvalue weighted by Crippen LogP contribution is 2.14. The van der Waals surface area contributed by atoms with Crippen LogP contribution in [0.4, 0.5) is 0 Å². The average Bonchev–Trinajstić information content (AvgIpc) is 2.46. The molecule has 0 saturated heterocycles. The van der Waals surface area contributed by atoms with Crippen molar-refractivity contribution in [3.63, 3.8) is 0 Å². The van der Waals surface area contributed by atoms with Crippen LogP contribution in [0.1, 0.15) is 18.1 Å². The zero-order valence-electron chi connectivity index (χ0n) is 11.7. The summed E-state index contributed by atoms with van der Waals surface area (Å²) in [6, 6.07) is 11.4. The standard InChI is InChI=1S/C16H18N2O2/c1-12-4-3-5-15(10-12)20-13(2)16(19)18-11-14-6-8-17-9-7-14/h3-10,13H,11H2,1-2H3,(H,18,19)/t13-/m1/s1. The Morgan fingerprint density at radius 1 is 1.30 bits per heavy atom. The Morgan fingerprint density at radius 2 is 2.05 bits per heavy atom. The number of rotatable bonds is 5. The first-order valence-corrected chi connectivity index (χ1v) is 6.55. The second-order valence-electron chi connectivity index (χ2n) is 4.65. The van der Waals surface area contributed by atoms with E-state index in [0.29, 0.717) is 12.3 Å². The lowest BCUT2D eigenvalue weighted by Crippen LogP contribution is -2.35. The maximum atomic E-state index is 12.0. The Kier molecular flexibility index (Phi) is 4.71. The highest BCUT2D eigenvalue weighted by Gasteiger charge is 2.14. The molecule has 4 heteroatoms. The number of amides is 1. The molecule has 104 valence electrons. The minimum absolute atomic E-state index is 0.136. The second-order valence-corrected chi connectivity index (χ2v) is 4.65. The molecule has 0 unspecified atom stereocenters. The highest BCUT2D eigenvalue weighted by atomic mass is 16.5. The van der Waals surface area contributed by atoms with Crippen molar-refractivity contribution in [3.05, 3.63) is 59.9 Å². The number of nitrogens with one attached hydrogen (secondary N) is 1. The van der Waals surface area contributed by atoms with Crippen LogP contribution in [-0.4, -0.2) is 17.0 Å². The number of hydrogen-bond acceptors (Lipinski definition) is 3. The lowest BCUT2D eigenvalue weighted by atomic mass is 10.2. The molecule has 0 aliphatic rings. The number of nitrogens with zero attached hydrogens (tertiary/aromatic N) is 1. The Morgan fingerprint density at radius 3 is 2.75 bits per heavy atom. The molecule has 0 spiro atoms. The predicted molar refractivity (Wildman–Crippen MR) is 77.4 cm³/mol. The molecule has 4 nitrogen and oxygen atoms in total. The second kappa shape index (κ2) is 6.70. The zero-order valence-corrected chi connectivity index (χ0v) is 11.7. The third kappa shape index (κ3) is 4.09. The molecule has 0 aliphatic heterocycles. The van der Waals surface area contributed by atoms with Crippen molar-refractivity contribution < 1.29 is 9.53 Å². The lowest BCUT2D eigenvalue weighted by Gasteiger charge is -2.15. The Labute approximate surface area is 118 Å². The fraction of sp³-hybridized carbons (Fsp3) is 0.250. The highest BCUT2D eigenvalue weighted by molar-refractivity contribution is 5.80. The third-order valence-corrected chi connectivity index (χ3v) is 2.89. The van der Waals surface area contributed by atoms with Crippen molar-refractivity contribution in [3.8, 4) is 5.75 Å². The number of aromatic nitrogens is 1. The topological polar surface area (TPSA) is 51.2 Å². The van der Waals surface area contributed by atoms with Gasteiger partial charge in [0.2, 0.25) is 0 Å². The van der Waals surface area contributed by atoms with E-state index in [9.17, 15) is 4.79 Å².